The summed E-state index contributed by atoms with van der Waals surface area (Å²) in [5.74, 6) is 0.263. The molecule has 0 unspecified atom stereocenters. The smallest absolute Gasteiger partial charge is 0.273 e. The van der Waals surface area contributed by atoms with Crippen molar-refractivity contribution in [2.45, 2.75) is 25.2 Å². The molecule has 0 aliphatic heterocycles. The minimum Gasteiger partial charge on any atom is -0.361 e. The fourth-order valence-corrected chi connectivity index (χ4v) is 4.57. The van der Waals surface area contributed by atoms with Crippen LogP contribution in [0.4, 0.5) is 0 Å². The first-order chi connectivity index (χ1) is 14.3. The molecular formula is C22H21N3O4S. The van der Waals surface area contributed by atoms with Crippen molar-refractivity contribution < 1.29 is 17.7 Å². The number of hydrogen-bond donors (Lipinski definition) is 1. The summed E-state index contributed by atoms with van der Waals surface area (Å²) in [5, 5.41) is 7.31. The van der Waals surface area contributed by atoms with Gasteiger partial charge in [0, 0.05) is 24.2 Å². The van der Waals surface area contributed by atoms with Crippen LogP contribution in [0.1, 0.15) is 27.4 Å². The largest absolute Gasteiger partial charge is 0.361 e. The lowest BCUT2D eigenvalue weighted by Gasteiger charge is -2.09. The molecule has 8 heteroatoms. The fraction of sp³-hybridized carbons (Fsp3) is 0.182. The number of aryl methyl sites for hydroxylation is 2. The molecule has 0 saturated heterocycles. The van der Waals surface area contributed by atoms with E-state index in [1.165, 1.54) is 3.97 Å². The van der Waals surface area contributed by atoms with E-state index in [1.54, 1.807) is 49.5 Å². The predicted molar refractivity (Wildman–Crippen MR) is 113 cm³/mol. The zero-order valence-corrected chi connectivity index (χ0v) is 17.4. The van der Waals surface area contributed by atoms with Gasteiger partial charge in [-0.3, -0.25) is 4.79 Å². The molecule has 4 rings (SSSR count). The molecule has 4 aromatic rings. The highest BCUT2D eigenvalue weighted by atomic mass is 32.2. The first-order valence-corrected chi connectivity index (χ1v) is 10.9. The van der Waals surface area contributed by atoms with Gasteiger partial charge in [-0.1, -0.05) is 35.0 Å². The Morgan fingerprint density at radius 3 is 2.53 bits per heavy atom. The standard InChI is InChI=1S/C22H21N3O4S/c1-15-3-7-19(8-4-15)30(27,28)25-12-10-18-6-5-17(14-21(18)25)9-11-23-22(26)20-13-16(2)29-24-20/h3-8,10,12-14H,9,11H2,1-2H3,(H,23,26). The van der Waals surface area contributed by atoms with Crippen LogP contribution in [0.15, 0.2) is 70.2 Å². The molecule has 1 amide bonds. The molecule has 7 nitrogen and oxygen atoms in total. The highest BCUT2D eigenvalue weighted by molar-refractivity contribution is 7.90. The van der Waals surface area contributed by atoms with Crippen molar-refractivity contribution in [3.05, 3.63) is 83.4 Å². The van der Waals surface area contributed by atoms with Crippen LogP contribution in [0.3, 0.4) is 0 Å². The van der Waals surface area contributed by atoms with Crippen LogP contribution >= 0.6 is 0 Å². The zero-order valence-electron chi connectivity index (χ0n) is 16.6. The number of nitrogens with one attached hydrogen (secondary N) is 1. The quantitative estimate of drug-likeness (QED) is 0.513. The third-order valence-corrected chi connectivity index (χ3v) is 6.56. The number of amides is 1. The molecular weight excluding hydrogens is 402 g/mol. The van der Waals surface area contributed by atoms with Crippen molar-refractivity contribution in [1.29, 1.82) is 0 Å². The maximum Gasteiger partial charge on any atom is 0.273 e. The number of rotatable bonds is 6. The molecule has 0 atom stereocenters. The van der Waals surface area contributed by atoms with Crippen molar-refractivity contribution in [2.24, 2.45) is 0 Å². The molecule has 2 aromatic carbocycles. The summed E-state index contributed by atoms with van der Waals surface area (Å²) in [6.07, 6.45) is 2.12. The summed E-state index contributed by atoms with van der Waals surface area (Å²) in [7, 11) is -3.70. The van der Waals surface area contributed by atoms with Crippen LogP contribution in [0.5, 0.6) is 0 Å². The normalized spacial score (nSPS) is 11.7. The van der Waals surface area contributed by atoms with E-state index >= 15 is 0 Å². The number of carbonyl (C=O) groups excluding carboxylic acids is 1. The van der Waals surface area contributed by atoms with E-state index < -0.39 is 10.0 Å². The molecule has 0 radical (unpaired) electrons. The van der Waals surface area contributed by atoms with Crippen molar-refractivity contribution in [3.63, 3.8) is 0 Å². The van der Waals surface area contributed by atoms with Crippen LogP contribution in [0, 0.1) is 13.8 Å². The molecule has 154 valence electrons. The van der Waals surface area contributed by atoms with Crippen molar-refractivity contribution in [1.82, 2.24) is 14.4 Å². The molecule has 0 spiro atoms. The number of aromatic nitrogens is 2. The molecule has 0 saturated carbocycles. The van der Waals surface area contributed by atoms with Gasteiger partial charge in [0.25, 0.3) is 15.9 Å². The van der Waals surface area contributed by atoms with Crippen LogP contribution in [0.25, 0.3) is 10.9 Å². The summed E-state index contributed by atoms with van der Waals surface area (Å²) < 4.78 is 32.4. The lowest BCUT2D eigenvalue weighted by atomic mass is 10.1. The second kappa shape index (κ2) is 7.79. The minimum absolute atomic E-state index is 0.237. The zero-order chi connectivity index (χ0) is 21.3. The Kier molecular flexibility index (Phi) is 5.17. The second-order valence-corrected chi connectivity index (χ2v) is 8.97. The van der Waals surface area contributed by atoms with E-state index in [2.05, 4.69) is 10.5 Å². The van der Waals surface area contributed by atoms with Crippen LogP contribution in [-0.2, 0) is 16.4 Å². The average Bonchev–Trinajstić information content (AvgIpc) is 3.34. The maximum atomic E-state index is 13.1. The van der Waals surface area contributed by atoms with Gasteiger partial charge in [-0.25, -0.2) is 12.4 Å². The molecule has 30 heavy (non-hydrogen) atoms. The summed E-state index contributed by atoms with van der Waals surface area (Å²) >= 11 is 0. The van der Waals surface area contributed by atoms with Gasteiger partial charge in [-0.05, 0) is 50.1 Å². The van der Waals surface area contributed by atoms with Crippen molar-refractivity contribution in [3.8, 4) is 0 Å². The lowest BCUT2D eigenvalue weighted by molar-refractivity contribution is 0.0945. The molecule has 2 heterocycles. The van der Waals surface area contributed by atoms with Crippen LogP contribution in [-0.4, -0.2) is 30.0 Å². The number of carbonyl (C=O) groups is 1. The Hall–Kier alpha value is -3.39. The first-order valence-electron chi connectivity index (χ1n) is 9.48. The van der Waals surface area contributed by atoms with Gasteiger partial charge in [0.2, 0.25) is 0 Å². The van der Waals surface area contributed by atoms with E-state index in [0.717, 1.165) is 16.5 Å². The highest BCUT2D eigenvalue weighted by Gasteiger charge is 2.19. The predicted octanol–water partition coefficient (Wildman–Crippen LogP) is 3.46. The number of nitrogens with zero attached hydrogens (tertiary/aromatic N) is 2. The molecule has 2 aromatic heterocycles. The third kappa shape index (κ3) is 3.86. The highest BCUT2D eigenvalue weighted by Crippen LogP contribution is 2.23. The maximum absolute atomic E-state index is 13.1. The Bertz CT molecular complexity index is 1320. The third-order valence-electron chi connectivity index (χ3n) is 4.86. The van der Waals surface area contributed by atoms with Gasteiger partial charge in [-0.2, -0.15) is 0 Å². The van der Waals surface area contributed by atoms with Gasteiger partial charge in [0.05, 0.1) is 10.4 Å². The van der Waals surface area contributed by atoms with E-state index in [9.17, 15) is 13.2 Å². The Morgan fingerprint density at radius 2 is 1.83 bits per heavy atom. The Balaban J connectivity index is 1.54. The van der Waals surface area contributed by atoms with Gasteiger partial charge >= 0.3 is 0 Å². The van der Waals surface area contributed by atoms with Crippen LogP contribution < -0.4 is 5.32 Å². The summed E-state index contributed by atoms with van der Waals surface area (Å²) in [4.78, 5) is 12.3. The van der Waals surface area contributed by atoms with Gasteiger partial charge in [0.1, 0.15) is 5.76 Å². The van der Waals surface area contributed by atoms with E-state index in [-0.39, 0.29) is 16.5 Å². The molecule has 0 bridgehead atoms. The van der Waals surface area contributed by atoms with E-state index in [0.29, 0.717) is 24.2 Å². The van der Waals surface area contributed by atoms with Crippen LogP contribution in [0.2, 0.25) is 0 Å². The second-order valence-electron chi connectivity index (χ2n) is 7.15. The van der Waals surface area contributed by atoms with E-state index in [1.807, 2.05) is 25.1 Å². The molecule has 0 aliphatic rings. The van der Waals surface area contributed by atoms with E-state index in [4.69, 9.17) is 4.52 Å². The topological polar surface area (TPSA) is 94.2 Å². The summed E-state index contributed by atoms with van der Waals surface area (Å²) in [6, 6.07) is 15.8. The van der Waals surface area contributed by atoms with Gasteiger partial charge in [-0.15, -0.1) is 0 Å². The number of fused-ring (bicyclic) bond motifs is 1. The SMILES string of the molecule is Cc1ccc(S(=O)(=O)n2ccc3ccc(CCNC(=O)c4cc(C)on4)cc32)cc1. The fourth-order valence-electron chi connectivity index (χ4n) is 3.22. The van der Waals surface area contributed by atoms with Crippen molar-refractivity contribution in [2.75, 3.05) is 6.54 Å². The summed E-state index contributed by atoms with van der Waals surface area (Å²) in [5.41, 5.74) is 2.75. The first kappa shape index (κ1) is 19.9. The Labute approximate surface area is 174 Å². The lowest BCUT2D eigenvalue weighted by Crippen LogP contribution is -2.25. The van der Waals surface area contributed by atoms with Gasteiger partial charge in [0.15, 0.2) is 5.69 Å². The number of hydrogen-bond acceptors (Lipinski definition) is 5. The molecule has 0 aliphatic carbocycles. The molecule has 0 fully saturated rings. The summed E-state index contributed by atoms with van der Waals surface area (Å²) in [6.45, 7) is 4.02. The Morgan fingerprint density at radius 1 is 1.07 bits per heavy atom. The number of benzene rings is 2. The minimum atomic E-state index is -3.70. The average molecular weight is 423 g/mol. The van der Waals surface area contributed by atoms with Crippen molar-refractivity contribution >= 4 is 26.8 Å². The van der Waals surface area contributed by atoms with Gasteiger partial charge < -0.3 is 9.84 Å². The monoisotopic (exact) mass is 423 g/mol. The molecule has 1 N–H and O–H groups in total.